The maximum atomic E-state index is 12.7. The smallest absolute Gasteiger partial charge is 0.234 e. The van der Waals surface area contributed by atoms with Crippen LogP contribution in [-0.4, -0.2) is 26.4 Å². The molecule has 0 bridgehead atoms. The van der Waals surface area contributed by atoms with Gasteiger partial charge >= 0.3 is 0 Å². The molecule has 0 aliphatic rings. The molecule has 184 valence electrons. The molecule has 0 fully saturated rings. The van der Waals surface area contributed by atoms with Crippen molar-refractivity contribution in [3.8, 4) is 28.6 Å². The average molecular weight is 507 g/mol. The van der Waals surface area contributed by atoms with Crippen LogP contribution in [-0.2, 0) is 4.79 Å². The maximum absolute atomic E-state index is 12.7. The fraction of sp³-hybridized carbons (Fsp3) is 0.100. The molecule has 5 aromatic rings. The minimum Gasteiger partial charge on any atom is -0.457 e. The molecule has 1 amide bonds. The Morgan fingerprint density at radius 3 is 2.08 bits per heavy atom. The van der Waals surface area contributed by atoms with Gasteiger partial charge < -0.3 is 10.1 Å². The van der Waals surface area contributed by atoms with Crippen molar-refractivity contribution in [2.24, 2.45) is 0 Å². The fourth-order valence-corrected chi connectivity index (χ4v) is 4.49. The lowest BCUT2D eigenvalue weighted by molar-refractivity contribution is -0.113. The molecule has 0 saturated heterocycles. The van der Waals surface area contributed by atoms with Crippen LogP contribution in [0.3, 0.4) is 0 Å². The highest BCUT2D eigenvalue weighted by Gasteiger charge is 2.17. The summed E-state index contributed by atoms with van der Waals surface area (Å²) in [5.74, 6) is 2.27. The minimum absolute atomic E-state index is 0.128. The summed E-state index contributed by atoms with van der Waals surface area (Å²) in [5.41, 5.74) is 4.96. The van der Waals surface area contributed by atoms with E-state index in [-0.39, 0.29) is 11.7 Å². The molecular formula is C30H26N4O2S. The topological polar surface area (TPSA) is 69.0 Å². The van der Waals surface area contributed by atoms with Gasteiger partial charge in [-0.15, -0.1) is 10.2 Å². The average Bonchev–Trinajstić information content (AvgIpc) is 3.34. The highest BCUT2D eigenvalue weighted by atomic mass is 32.2. The number of amides is 1. The minimum atomic E-state index is -0.128. The van der Waals surface area contributed by atoms with Crippen molar-refractivity contribution >= 4 is 23.4 Å². The number of aromatic nitrogens is 3. The SMILES string of the molecule is Cc1ccc(-c2nnc(SCC(=O)Nc3ccc(Oc4ccccc4)cc3)n2-c2ccc(C)cc2)cc1. The van der Waals surface area contributed by atoms with E-state index >= 15 is 0 Å². The molecule has 0 atom stereocenters. The Bertz CT molecular complexity index is 1480. The molecule has 7 heteroatoms. The van der Waals surface area contributed by atoms with Crippen molar-refractivity contribution in [3.63, 3.8) is 0 Å². The molecule has 1 heterocycles. The summed E-state index contributed by atoms with van der Waals surface area (Å²) in [6.07, 6.45) is 0. The summed E-state index contributed by atoms with van der Waals surface area (Å²) in [6, 6.07) is 33.3. The molecule has 1 aromatic heterocycles. The van der Waals surface area contributed by atoms with Crippen molar-refractivity contribution in [2.45, 2.75) is 19.0 Å². The van der Waals surface area contributed by atoms with Crippen LogP contribution in [0.4, 0.5) is 5.69 Å². The molecule has 0 aliphatic carbocycles. The predicted molar refractivity (Wildman–Crippen MR) is 149 cm³/mol. The first-order valence-electron chi connectivity index (χ1n) is 11.9. The monoisotopic (exact) mass is 506 g/mol. The summed E-state index contributed by atoms with van der Waals surface area (Å²) in [5, 5.41) is 12.5. The Balaban J connectivity index is 1.29. The highest BCUT2D eigenvalue weighted by molar-refractivity contribution is 7.99. The number of anilines is 1. The number of aryl methyl sites for hydroxylation is 2. The molecule has 5 rings (SSSR count). The van der Waals surface area contributed by atoms with Gasteiger partial charge in [-0.3, -0.25) is 9.36 Å². The van der Waals surface area contributed by atoms with E-state index in [2.05, 4.69) is 53.6 Å². The standard InChI is InChI=1S/C30H26N4O2S/c1-21-8-12-23(13-9-21)29-32-33-30(34(29)25-16-10-22(2)11-17-25)37-20-28(35)31-24-14-18-27(19-15-24)36-26-6-4-3-5-7-26/h3-19H,20H2,1-2H3,(H,31,35). The van der Waals surface area contributed by atoms with Crippen molar-refractivity contribution < 1.29 is 9.53 Å². The first-order chi connectivity index (χ1) is 18.0. The van der Waals surface area contributed by atoms with Crippen LogP contribution in [0.15, 0.2) is 108 Å². The highest BCUT2D eigenvalue weighted by Crippen LogP contribution is 2.29. The Morgan fingerprint density at radius 1 is 0.784 bits per heavy atom. The van der Waals surface area contributed by atoms with Gasteiger partial charge in [0.15, 0.2) is 11.0 Å². The lowest BCUT2D eigenvalue weighted by Gasteiger charge is -2.11. The number of hydrogen-bond donors (Lipinski definition) is 1. The molecule has 0 saturated carbocycles. The molecule has 0 spiro atoms. The number of thioether (sulfide) groups is 1. The van der Waals surface area contributed by atoms with E-state index in [4.69, 9.17) is 4.74 Å². The number of para-hydroxylation sites is 1. The number of nitrogens with zero attached hydrogens (tertiary/aromatic N) is 3. The van der Waals surface area contributed by atoms with Crippen LogP contribution < -0.4 is 10.1 Å². The van der Waals surface area contributed by atoms with Crippen LogP contribution in [0, 0.1) is 13.8 Å². The maximum Gasteiger partial charge on any atom is 0.234 e. The van der Waals surface area contributed by atoms with Gasteiger partial charge in [-0.05, 0) is 62.4 Å². The fourth-order valence-electron chi connectivity index (χ4n) is 3.74. The van der Waals surface area contributed by atoms with Crippen LogP contribution >= 0.6 is 11.8 Å². The number of hydrogen-bond acceptors (Lipinski definition) is 5. The summed E-state index contributed by atoms with van der Waals surface area (Å²) < 4.78 is 7.81. The Labute approximate surface area is 220 Å². The van der Waals surface area contributed by atoms with Crippen molar-refractivity contribution in [1.82, 2.24) is 14.8 Å². The molecule has 4 aromatic carbocycles. The Kier molecular flexibility index (Phi) is 7.33. The van der Waals surface area contributed by atoms with Gasteiger partial charge in [0, 0.05) is 16.9 Å². The van der Waals surface area contributed by atoms with Gasteiger partial charge in [0.1, 0.15) is 11.5 Å². The van der Waals surface area contributed by atoms with Crippen LogP contribution in [0.1, 0.15) is 11.1 Å². The quantitative estimate of drug-likeness (QED) is 0.228. The first-order valence-corrected chi connectivity index (χ1v) is 12.9. The largest absolute Gasteiger partial charge is 0.457 e. The molecule has 0 unspecified atom stereocenters. The van der Waals surface area contributed by atoms with E-state index in [1.165, 1.54) is 22.9 Å². The van der Waals surface area contributed by atoms with Gasteiger partial charge in [0.25, 0.3) is 0 Å². The predicted octanol–water partition coefficient (Wildman–Crippen LogP) is 7.07. The second kappa shape index (κ2) is 11.1. The summed E-state index contributed by atoms with van der Waals surface area (Å²) in [7, 11) is 0. The van der Waals surface area contributed by atoms with Crippen LogP contribution in [0.25, 0.3) is 17.1 Å². The van der Waals surface area contributed by atoms with E-state index in [1.807, 2.05) is 83.4 Å². The van der Waals surface area contributed by atoms with Gasteiger partial charge in [-0.1, -0.05) is 77.5 Å². The lowest BCUT2D eigenvalue weighted by Crippen LogP contribution is -2.14. The number of nitrogens with one attached hydrogen (secondary N) is 1. The number of benzene rings is 4. The zero-order valence-electron chi connectivity index (χ0n) is 20.6. The van der Waals surface area contributed by atoms with E-state index in [9.17, 15) is 4.79 Å². The van der Waals surface area contributed by atoms with Crippen LogP contribution in [0.2, 0.25) is 0 Å². The summed E-state index contributed by atoms with van der Waals surface area (Å²) in [6.45, 7) is 4.11. The second-order valence-corrected chi connectivity index (χ2v) is 9.56. The summed E-state index contributed by atoms with van der Waals surface area (Å²) in [4.78, 5) is 12.7. The molecule has 0 radical (unpaired) electrons. The molecular weight excluding hydrogens is 480 g/mol. The normalized spacial score (nSPS) is 10.8. The third-order valence-electron chi connectivity index (χ3n) is 5.68. The number of carbonyl (C=O) groups is 1. The van der Waals surface area contributed by atoms with E-state index in [0.29, 0.717) is 16.6 Å². The van der Waals surface area contributed by atoms with E-state index < -0.39 is 0 Å². The summed E-state index contributed by atoms with van der Waals surface area (Å²) >= 11 is 1.35. The van der Waals surface area contributed by atoms with Crippen molar-refractivity contribution in [2.75, 3.05) is 11.1 Å². The van der Waals surface area contributed by atoms with Gasteiger partial charge in [-0.25, -0.2) is 0 Å². The van der Waals surface area contributed by atoms with Crippen molar-refractivity contribution in [3.05, 3.63) is 114 Å². The molecule has 6 nitrogen and oxygen atoms in total. The lowest BCUT2D eigenvalue weighted by atomic mass is 10.1. The van der Waals surface area contributed by atoms with E-state index in [1.54, 1.807) is 0 Å². The second-order valence-electron chi connectivity index (χ2n) is 8.62. The number of rotatable bonds is 8. The third kappa shape index (κ3) is 6.08. The molecule has 37 heavy (non-hydrogen) atoms. The number of ether oxygens (including phenoxy) is 1. The molecule has 0 aliphatic heterocycles. The Morgan fingerprint density at radius 2 is 1.41 bits per heavy atom. The van der Waals surface area contributed by atoms with Crippen LogP contribution in [0.5, 0.6) is 11.5 Å². The molecule has 1 N–H and O–H groups in total. The zero-order valence-corrected chi connectivity index (χ0v) is 21.4. The zero-order chi connectivity index (χ0) is 25.6. The van der Waals surface area contributed by atoms with Gasteiger partial charge in [0.05, 0.1) is 5.75 Å². The van der Waals surface area contributed by atoms with Gasteiger partial charge in [0.2, 0.25) is 5.91 Å². The van der Waals surface area contributed by atoms with Gasteiger partial charge in [-0.2, -0.15) is 0 Å². The van der Waals surface area contributed by atoms with E-state index in [0.717, 1.165) is 22.8 Å². The first kappa shape index (κ1) is 24.3. The van der Waals surface area contributed by atoms with Crippen molar-refractivity contribution in [1.29, 1.82) is 0 Å². The number of carbonyl (C=O) groups excluding carboxylic acids is 1. The third-order valence-corrected chi connectivity index (χ3v) is 6.61. The Hall–Kier alpha value is -4.36.